The lowest BCUT2D eigenvalue weighted by Crippen LogP contribution is -2.46. The molecule has 1 atom stereocenters. The van der Waals surface area contributed by atoms with Crippen LogP contribution in [0.2, 0.25) is 5.02 Å². The van der Waals surface area contributed by atoms with E-state index in [9.17, 15) is 19.2 Å². The number of anilines is 2. The number of carbonyl (C=O) groups is 4. The lowest BCUT2D eigenvalue weighted by molar-refractivity contribution is -0.123. The summed E-state index contributed by atoms with van der Waals surface area (Å²) in [4.78, 5) is 54.0. The third-order valence-corrected chi connectivity index (χ3v) is 6.00. The van der Waals surface area contributed by atoms with Gasteiger partial charge in [0.15, 0.2) is 0 Å². The first-order valence-electron chi connectivity index (χ1n) is 10.9. The van der Waals surface area contributed by atoms with Crippen molar-refractivity contribution in [1.29, 1.82) is 0 Å². The van der Waals surface area contributed by atoms with Crippen LogP contribution in [-0.4, -0.2) is 41.2 Å². The summed E-state index contributed by atoms with van der Waals surface area (Å²) in [6.45, 7) is 0.664. The molecule has 4 rings (SSSR count). The van der Waals surface area contributed by atoms with Crippen molar-refractivity contribution in [2.24, 2.45) is 5.73 Å². The van der Waals surface area contributed by atoms with Crippen LogP contribution in [0.25, 0.3) is 10.9 Å². The molecule has 1 saturated heterocycles. The average molecular weight is 482 g/mol. The molecule has 34 heavy (non-hydrogen) atoms. The van der Waals surface area contributed by atoms with Gasteiger partial charge in [-0.3, -0.25) is 19.2 Å². The van der Waals surface area contributed by atoms with E-state index in [2.05, 4.69) is 15.6 Å². The maximum Gasteiger partial charge on any atom is 0.252 e. The summed E-state index contributed by atoms with van der Waals surface area (Å²) in [5, 5.41) is 6.56. The Kier molecular flexibility index (Phi) is 6.83. The summed E-state index contributed by atoms with van der Waals surface area (Å²) >= 11 is 6.07. The number of nitrogens with two attached hydrogens (primary N) is 1. The highest BCUT2D eigenvalue weighted by Crippen LogP contribution is 2.24. The smallest absolute Gasteiger partial charge is 0.252 e. The molecule has 10 heteroatoms. The second kappa shape index (κ2) is 9.96. The van der Waals surface area contributed by atoms with E-state index >= 15 is 0 Å². The molecule has 0 radical (unpaired) electrons. The fourth-order valence-electron chi connectivity index (χ4n) is 3.92. The minimum Gasteiger partial charge on any atom is -0.370 e. The Morgan fingerprint density at radius 3 is 2.59 bits per heavy atom. The van der Waals surface area contributed by atoms with Crippen LogP contribution in [0.5, 0.6) is 0 Å². The number of nitrogens with one attached hydrogen (secondary N) is 3. The van der Waals surface area contributed by atoms with Crippen LogP contribution in [0.3, 0.4) is 0 Å². The Morgan fingerprint density at radius 2 is 1.88 bits per heavy atom. The molecule has 0 spiro atoms. The van der Waals surface area contributed by atoms with Crippen molar-refractivity contribution in [3.8, 4) is 0 Å². The Bertz CT molecular complexity index is 1250. The number of aromatic nitrogens is 1. The van der Waals surface area contributed by atoms with E-state index in [0.717, 1.165) is 23.9 Å². The number of halogens is 1. The number of nitrogens with zero attached hydrogens (tertiary/aromatic N) is 1. The van der Waals surface area contributed by atoms with Crippen molar-refractivity contribution < 1.29 is 19.2 Å². The summed E-state index contributed by atoms with van der Waals surface area (Å²) in [5.41, 5.74) is 7.48. The number of amides is 4. The molecular weight excluding hydrogens is 458 g/mol. The number of carbonyl (C=O) groups excluding carboxylic acids is 4. The predicted molar refractivity (Wildman–Crippen MR) is 130 cm³/mol. The van der Waals surface area contributed by atoms with E-state index in [1.54, 1.807) is 53.6 Å². The molecule has 3 aromatic rings. The third-order valence-electron chi connectivity index (χ3n) is 5.69. The fourth-order valence-corrected chi connectivity index (χ4v) is 4.14. The van der Waals surface area contributed by atoms with Gasteiger partial charge in [-0.15, -0.1) is 0 Å². The Hall–Kier alpha value is -3.85. The first-order valence-corrected chi connectivity index (χ1v) is 11.3. The van der Waals surface area contributed by atoms with Gasteiger partial charge in [0.2, 0.25) is 17.7 Å². The van der Waals surface area contributed by atoms with Crippen molar-refractivity contribution >= 4 is 57.5 Å². The number of H-pyrrole nitrogens is 1. The van der Waals surface area contributed by atoms with E-state index in [4.69, 9.17) is 17.3 Å². The van der Waals surface area contributed by atoms with Crippen molar-refractivity contribution in [2.45, 2.75) is 31.7 Å². The molecule has 9 nitrogen and oxygen atoms in total. The Morgan fingerprint density at radius 1 is 1.12 bits per heavy atom. The first kappa shape index (κ1) is 23.3. The van der Waals surface area contributed by atoms with E-state index in [1.165, 1.54) is 0 Å². The molecular formula is C24H24ClN5O4. The SMILES string of the molecule is NC(=O)CC(NC(=O)c1ccc2c(Cl)c[nH]c2c1)C(=O)Nc1ccc(N2CCCCC2=O)cc1. The monoisotopic (exact) mass is 481 g/mol. The summed E-state index contributed by atoms with van der Waals surface area (Å²) < 4.78 is 0. The predicted octanol–water partition coefficient (Wildman–Crippen LogP) is 2.95. The fraction of sp³-hybridized carbons (Fsp3) is 0.250. The zero-order valence-corrected chi connectivity index (χ0v) is 19.0. The van der Waals surface area contributed by atoms with Gasteiger partial charge in [-0.2, -0.15) is 0 Å². The molecule has 1 fully saturated rings. The van der Waals surface area contributed by atoms with Gasteiger partial charge in [-0.05, 0) is 49.2 Å². The number of primary amides is 1. The largest absolute Gasteiger partial charge is 0.370 e. The number of rotatable bonds is 7. The van der Waals surface area contributed by atoms with Gasteiger partial charge in [0, 0.05) is 47.0 Å². The average Bonchev–Trinajstić information content (AvgIpc) is 3.19. The zero-order chi connectivity index (χ0) is 24.2. The van der Waals surface area contributed by atoms with Crippen LogP contribution in [-0.2, 0) is 14.4 Å². The summed E-state index contributed by atoms with van der Waals surface area (Å²) in [6, 6.07) is 10.5. The highest BCUT2D eigenvalue weighted by atomic mass is 35.5. The summed E-state index contributed by atoms with van der Waals surface area (Å²) in [5.74, 6) is -1.77. The van der Waals surface area contributed by atoms with Crippen LogP contribution >= 0.6 is 11.6 Å². The normalized spacial score (nSPS) is 14.6. The minimum absolute atomic E-state index is 0.0760. The Labute approximate surface area is 200 Å². The summed E-state index contributed by atoms with van der Waals surface area (Å²) in [7, 11) is 0. The van der Waals surface area contributed by atoms with Crippen LogP contribution in [0.15, 0.2) is 48.7 Å². The number of hydrogen-bond acceptors (Lipinski definition) is 4. The van der Waals surface area contributed by atoms with Gasteiger partial charge in [-0.1, -0.05) is 17.7 Å². The number of fused-ring (bicyclic) bond motifs is 1. The molecule has 176 valence electrons. The molecule has 1 aliphatic heterocycles. The number of benzene rings is 2. The van der Waals surface area contributed by atoms with E-state index in [-0.39, 0.29) is 12.3 Å². The van der Waals surface area contributed by atoms with Crippen LogP contribution in [0.1, 0.15) is 36.0 Å². The van der Waals surface area contributed by atoms with Gasteiger partial charge in [0.05, 0.1) is 11.4 Å². The van der Waals surface area contributed by atoms with E-state index in [0.29, 0.717) is 34.8 Å². The lowest BCUT2D eigenvalue weighted by Gasteiger charge is -2.27. The van der Waals surface area contributed by atoms with Gasteiger partial charge in [0.25, 0.3) is 5.91 Å². The van der Waals surface area contributed by atoms with Crippen LogP contribution < -0.4 is 21.3 Å². The van der Waals surface area contributed by atoms with Crippen LogP contribution in [0.4, 0.5) is 11.4 Å². The van der Waals surface area contributed by atoms with Crippen molar-refractivity contribution in [3.63, 3.8) is 0 Å². The highest BCUT2D eigenvalue weighted by Gasteiger charge is 2.24. The Balaban J connectivity index is 1.45. The minimum atomic E-state index is -1.17. The first-order chi connectivity index (χ1) is 16.3. The molecule has 0 saturated carbocycles. The molecule has 0 bridgehead atoms. The zero-order valence-electron chi connectivity index (χ0n) is 18.3. The van der Waals surface area contributed by atoms with E-state index < -0.39 is 23.8 Å². The van der Waals surface area contributed by atoms with Gasteiger partial charge < -0.3 is 26.3 Å². The van der Waals surface area contributed by atoms with Crippen molar-refractivity contribution in [3.05, 3.63) is 59.2 Å². The highest BCUT2D eigenvalue weighted by molar-refractivity contribution is 6.35. The number of piperidine rings is 1. The second-order valence-electron chi connectivity index (χ2n) is 8.13. The van der Waals surface area contributed by atoms with Gasteiger partial charge in [-0.25, -0.2) is 0 Å². The lowest BCUT2D eigenvalue weighted by atomic mass is 10.1. The summed E-state index contributed by atoms with van der Waals surface area (Å²) in [6.07, 6.45) is 3.61. The molecule has 4 amide bonds. The maximum absolute atomic E-state index is 12.8. The second-order valence-corrected chi connectivity index (χ2v) is 8.54. The molecule has 1 aromatic heterocycles. The van der Waals surface area contributed by atoms with E-state index in [1.807, 2.05) is 0 Å². The topological polar surface area (TPSA) is 137 Å². The molecule has 5 N–H and O–H groups in total. The third kappa shape index (κ3) is 5.20. The van der Waals surface area contributed by atoms with Gasteiger partial charge >= 0.3 is 0 Å². The molecule has 1 aliphatic rings. The van der Waals surface area contributed by atoms with Crippen LogP contribution in [0, 0.1) is 0 Å². The van der Waals surface area contributed by atoms with Crippen molar-refractivity contribution in [1.82, 2.24) is 10.3 Å². The standard InChI is InChI=1S/C24H24ClN5O4/c25-18-13-27-19-11-14(4-9-17(18)19)23(33)29-20(12-21(26)31)24(34)28-15-5-7-16(8-6-15)30-10-2-1-3-22(30)32/h4-9,11,13,20,27H,1-3,10,12H2,(H2,26,31)(H,28,34)(H,29,33). The molecule has 0 aliphatic carbocycles. The maximum atomic E-state index is 12.8. The number of hydrogen-bond donors (Lipinski definition) is 4. The molecule has 2 aromatic carbocycles. The number of aromatic amines is 1. The molecule has 2 heterocycles. The quantitative estimate of drug-likeness (QED) is 0.412. The van der Waals surface area contributed by atoms with Gasteiger partial charge in [0.1, 0.15) is 6.04 Å². The molecule has 1 unspecified atom stereocenters. The van der Waals surface area contributed by atoms with Crippen molar-refractivity contribution in [2.75, 3.05) is 16.8 Å².